The highest BCUT2D eigenvalue weighted by molar-refractivity contribution is 5.92. The van der Waals surface area contributed by atoms with Gasteiger partial charge in [0.2, 0.25) is 0 Å². The molecule has 3 atom stereocenters. The number of carbonyl (C=O) groups is 1. The SMILES string of the molecule is Cc1c(C(=O)O)ccc2c1N[C@H](c1ccccc1F)[C@@H]1CC=C[C@H]21. The normalized spacial score (nSPS) is 24.2. The number of halogens is 1. The predicted molar refractivity (Wildman–Crippen MR) is 90.9 cm³/mol. The van der Waals surface area contributed by atoms with E-state index < -0.39 is 5.97 Å². The van der Waals surface area contributed by atoms with Crippen molar-refractivity contribution in [2.45, 2.75) is 25.3 Å². The maximum absolute atomic E-state index is 14.4. The van der Waals surface area contributed by atoms with Gasteiger partial charge in [0, 0.05) is 17.2 Å². The van der Waals surface area contributed by atoms with Gasteiger partial charge >= 0.3 is 5.97 Å². The number of carboxylic acids is 1. The predicted octanol–water partition coefficient (Wildman–Crippen LogP) is 4.66. The largest absolute Gasteiger partial charge is 0.478 e. The molecule has 1 heterocycles. The summed E-state index contributed by atoms with van der Waals surface area (Å²) < 4.78 is 14.4. The van der Waals surface area contributed by atoms with Crippen LogP contribution in [0.4, 0.5) is 10.1 Å². The average molecular weight is 323 g/mol. The van der Waals surface area contributed by atoms with Crippen molar-refractivity contribution in [1.82, 2.24) is 0 Å². The zero-order valence-corrected chi connectivity index (χ0v) is 13.3. The van der Waals surface area contributed by atoms with Crippen molar-refractivity contribution in [3.8, 4) is 0 Å². The van der Waals surface area contributed by atoms with E-state index in [2.05, 4.69) is 17.5 Å². The first-order chi connectivity index (χ1) is 11.6. The molecule has 0 amide bonds. The van der Waals surface area contributed by atoms with E-state index in [-0.39, 0.29) is 29.3 Å². The maximum atomic E-state index is 14.4. The molecule has 24 heavy (non-hydrogen) atoms. The molecule has 2 aliphatic rings. The van der Waals surface area contributed by atoms with Crippen LogP contribution in [0, 0.1) is 18.7 Å². The molecule has 0 fully saturated rings. The Balaban J connectivity index is 1.87. The lowest BCUT2D eigenvalue weighted by molar-refractivity contribution is 0.0696. The molecule has 0 bridgehead atoms. The van der Waals surface area contributed by atoms with Crippen LogP contribution in [0.2, 0.25) is 0 Å². The molecule has 0 aromatic heterocycles. The fraction of sp³-hybridized carbons (Fsp3) is 0.250. The number of allylic oxidation sites excluding steroid dienone is 2. The van der Waals surface area contributed by atoms with Crippen molar-refractivity contribution >= 4 is 11.7 Å². The van der Waals surface area contributed by atoms with E-state index in [1.807, 2.05) is 25.1 Å². The van der Waals surface area contributed by atoms with E-state index in [4.69, 9.17) is 0 Å². The van der Waals surface area contributed by atoms with E-state index in [0.29, 0.717) is 11.1 Å². The number of fused-ring (bicyclic) bond motifs is 3. The van der Waals surface area contributed by atoms with Gasteiger partial charge in [-0.05, 0) is 42.5 Å². The molecule has 0 saturated carbocycles. The zero-order valence-electron chi connectivity index (χ0n) is 13.3. The molecular weight excluding hydrogens is 305 g/mol. The Morgan fingerprint density at radius 1 is 1.21 bits per heavy atom. The second kappa shape index (κ2) is 5.48. The molecule has 0 spiro atoms. The Labute approximate surface area is 139 Å². The van der Waals surface area contributed by atoms with Crippen molar-refractivity contribution in [2.24, 2.45) is 5.92 Å². The van der Waals surface area contributed by atoms with E-state index in [0.717, 1.165) is 17.7 Å². The van der Waals surface area contributed by atoms with Crippen LogP contribution in [-0.2, 0) is 0 Å². The fourth-order valence-electron chi connectivity index (χ4n) is 4.08. The van der Waals surface area contributed by atoms with Gasteiger partial charge in [-0.15, -0.1) is 0 Å². The van der Waals surface area contributed by atoms with Gasteiger partial charge in [0.25, 0.3) is 0 Å². The fourth-order valence-corrected chi connectivity index (χ4v) is 4.08. The van der Waals surface area contributed by atoms with Crippen LogP contribution in [0.1, 0.15) is 45.4 Å². The highest BCUT2D eigenvalue weighted by Crippen LogP contribution is 2.51. The Hall–Kier alpha value is -2.62. The molecule has 3 nitrogen and oxygen atoms in total. The standard InChI is InChI=1S/C20H18FNO2/c1-11-12(20(23)24)9-10-15-13-6-4-7-14(13)19(22-18(11)15)16-5-2-3-8-17(16)21/h2-6,8-10,13-14,19,22H,7H2,1H3,(H,23,24)/t13-,14+,19-/m0/s1. The Morgan fingerprint density at radius 2 is 2.00 bits per heavy atom. The minimum atomic E-state index is -0.941. The summed E-state index contributed by atoms with van der Waals surface area (Å²) in [6.45, 7) is 1.81. The lowest BCUT2D eigenvalue weighted by Gasteiger charge is -2.38. The maximum Gasteiger partial charge on any atom is 0.336 e. The van der Waals surface area contributed by atoms with Crippen LogP contribution in [0.5, 0.6) is 0 Å². The first-order valence-electron chi connectivity index (χ1n) is 8.12. The molecule has 0 radical (unpaired) electrons. The topological polar surface area (TPSA) is 49.3 Å². The summed E-state index contributed by atoms with van der Waals surface area (Å²) in [6.07, 6.45) is 5.19. The van der Waals surface area contributed by atoms with Gasteiger partial charge in [-0.2, -0.15) is 0 Å². The number of aromatic carboxylic acids is 1. The molecule has 2 N–H and O–H groups in total. The third-order valence-electron chi connectivity index (χ3n) is 5.27. The summed E-state index contributed by atoms with van der Waals surface area (Å²) in [5.41, 5.74) is 3.57. The number of hydrogen-bond donors (Lipinski definition) is 2. The van der Waals surface area contributed by atoms with Gasteiger partial charge in [-0.1, -0.05) is 36.4 Å². The summed E-state index contributed by atoms with van der Waals surface area (Å²) in [5.74, 6) is -0.739. The number of nitrogens with one attached hydrogen (secondary N) is 1. The van der Waals surface area contributed by atoms with Gasteiger partial charge in [-0.3, -0.25) is 0 Å². The molecular formula is C20H18FNO2. The van der Waals surface area contributed by atoms with Crippen LogP contribution in [0.3, 0.4) is 0 Å². The minimum Gasteiger partial charge on any atom is -0.478 e. The van der Waals surface area contributed by atoms with Crippen molar-refractivity contribution in [2.75, 3.05) is 5.32 Å². The van der Waals surface area contributed by atoms with E-state index >= 15 is 0 Å². The van der Waals surface area contributed by atoms with Crippen molar-refractivity contribution in [3.05, 3.63) is 76.6 Å². The molecule has 1 aliphatic heterocycles. The zero-order chi connectivity index (χ0) is 16.8. The molecule has 122 valence electrons. The van der Waals surface area contributed by atoms with Gasteiger partial charge < -0.3 is 10.4 Å². The molecule has 2 aromatic rings. The minimum absolute atomic E-state index is 0.165. The van der Waals surface area contributed by atoms with Crippen molar-refractivity contribution < 1.29 is 14.3 Å². The van der Waals surface area contributed by atoms with E-state index in [1.54, 1.807) is 12.1 Å². The lowest BCUT2D eigenvalue weighted by Crippen LogP contribution is -2.30. The number of benzene rings is 2. The highest BCUT2D eigenvalue weighted by atomic mass is 19.1. The van der Waals surface area contributed by atoms with E-state index in [1.165, 1.54) is 6.07 Å². The number of anilines is 1. The Kier molecular flexibility index (Phi) is 3.41. The van der Waals surface area contributed by atoms with Gasteiger partial charge in [0.05, 0.1) is 11.6 Å². The summed E-state index contributed by atoms with van der Waals surface area (Å²) in [4.78, 5) is 11.4. The highest BCUT2D eigenvalue weighted by Gasteiger charge is 2.39. The van der Waals surface area contributed by atoms with Gasteiger partial charge in [-0.25, -0.2) is 9.18 Å². The van der Waals surface area contributed by atoms with Crippen LogP contribution in [-0.4, -0.2) is 11.1 Å². The Morgan fingerprint density at radius 3 is 2.75 bits per heavy atom. The monoisotopic (exact) mass is 323 g/mol. The third kappa shape index (κ3) is 2.13. The third-order valence-corrected chi connectivity index (χ3v) is 5.27. The van der Waals surface area contributed by atoms with Crippen LogP contribution >= 0.6 is 0 Å². The second-order valence-corrected chi connectivity index (χ2v) is 6.50. The van der Waals surface area contributed by atoms with Crippen LogP contribution < -0.4 is 5.32 Å². The van der Waals surface area contributed by atoms with Crippen molar-refractivity contribution in [1.29, 1.82) is 0 Å². The number of carboxylic acid groups (broad SMARTS) is 1. The first-order valence-corrected chi connectivity index (χ1v) is 8.12. The second-order valence-electron chi connectivity index (χ2n) is 6.50. The molecule has 0 saturated heterocycles. The molecule has 4 heteroatoms. The van der Waals surface area contributed by atoms with Crippen LogP contribution in [0.15, 0.2) is 48.6 Å². The average Bonchev–Trinajstić information content (AvgIpc) is 3.05. The molecule has 2 aromatic carbocycles. The molecule has 1 aliphatic carbocycles. The smallest absolute Gasteiger partial charge is 0.336 e. The molecule has 0 unspecified atom stereocenters. The quantitative estimate of drug-likeness (QED) is 0.790. The van der Waals surface area contributed by atoms with Gasteiger partial charge in [0.15, 0.2) is 0 Å². The summed E-state index contributed by atoms with van der Waals surface area (Å²) in [6, 6.07) is 10.2. The summed E-state index contributed by atoms with van der Waals surface area (Å²) in [7, 11) is 0. The summed E-state index contributed by atoms with van der Waals surface area (Å²) >= 11 is 0. The Bertz CT molecular complexity index is 859. The lowest BCUT2D eigenvalue weighted by atomic mass is 9.76. The molecule has 4 rings (SSSR count). The number of rotatable bonds is 2. The van der Waals surface area contributed by atoms with Crippen LogP contribution in [0.25, 0.3) is 0 Å². The van der Waals surface area contributed by atoms with Gasteiger partial charge in [0.1, 0.15) is 5.82 Å². The summed E-state index contributed by atoms with van der Waals surface area (Å²) in [5, 5.41) is 12.8. The van der Waals surface area contributed by atoms with E-state index in [9.17, 15) is 14.3 Å². The van der Waals surface area contributed by atoms with Crippen molar-refractivity contribution in [3.63, 3.8) is 0 Å². The first kappa shape index (κ1) is 14.9. The number of hydrogen-bond acceptors (Lipinski definition) is 2.